The number of benzene rings is 3. The summed E-state index contributed by atoms with van der Waals surface area (Å²) in [5.74, 6) is -1.32. The maximum Gasteiger partial charge on any atom is 0.573 e. The Labute approximate surface area is 230 Å². The fourth-order valence-corrected chi connectivity index (χ4v) is 4.51. The van der Waals surface area contributed by atoms with E-state index in [2.05, 4.69) is 9.47 Å². The van der Waals surface area contributed by atoms with Crippen molar-refractivity contribution in [2.45, 2.75) is 32.0 Å². The summed E-state index contributed by atoms with van der Waals surface area (Å²) >= 11 is 0. The Kier molecular flexibility index (Phi) is 8.32. The van der Waals surface area contributed by atoms with E-state index in [1.165, 1.54) is 31.9 Å². The Morgan fingerprint density at radius 2 is 1.29 bits per heavy atom. The molecule has 0 radical (unpaired) electrons. The first-order valence-corrected chi connectivity index (χ1v) is 12.0. The van der Waals surface area contributed by atoms with E-state index >= 15 is 0 Å². The van der Waals surface area contributed by atoms with Crippen LogP contribution in [0.2, 0.25) is 0 Å². The normalized spacial score (nSPS) is 15.2. The highest BCUT2D eigenvalue weighted by Crippen LogP contribution is 2.38. The number of ketones is 2. The van der Waals surface area contributed by atoms with Gasteiger partial charge in [0, 0.05) is 35.6 Å². The van der Waals surface area contributed by atoms with E-state index in [-0.39, 0.29) is 17.6 Å². The Morgan fingerprint density at radius 1 is 0.707 bits per heavy atom. The van der Waals surface area contributed by atoms with Gasteiger partial charge in [0.25, 0.3) is 0 Å². The molecule has 12 heteroatoms. The molecule has 3 aromatic carbocycles. The molecule has 0 aliphatic heterocycles. The molecule has 6 nitrogen and oxygen atoms in total. The number of methoxy groups -OCH3 is 2. The van der Waals surface area contributed by atoms with Crippen LogP contribution < -0.4 is 18.9 Å². The lowest BCUT2D eigenvalue weighted by Gasteiger charge is -2.13. The molecule has 41 heavy (non-hydrogen) atoms. The number of fused-ring (bicyclic) bond motifs is 2. The van der Waals surface area contributed by atoms with E-state index < -0.39 is 30.0 Å². The van der Waals surface area contributed by atoms with Gasteiger partial charge in [0.05, 0.1) is 14.2 Å². The lowest BCUT2D eigenvalue weighted by Crippen LogP contribution is -2.19. The van der Waals surface area contributed by atoms with Crippen LogP contribution in [0.25, 0.3) is 6.08 Å². The van der Waals surface area contributed by atoms with E-state index in [0.29, 0.717) is 40.9 Å². The Morgan fingerprint density at radius 3 is 1.85 bits per heavy atom. The Hall–Kier alpha value is -4.48. The van der Waals surface area contributed by atoms with Gasteiger partial charge in [0.15, 0.2) is 23.1 Å². The molecule has 0 amide bonds. The molecular formula is C29H22F6O6. The quantitative estimate of drug-likeness (QED) is 0.236. The number of Topliss-reactive ketones (excluding diaryl/α,β-unsaturated/α-hetero) is 2. The van der Waals surface area contributed by atoms with Crippen molar-refractivity contribution in [2.24, 2.45) is 0 Å². The number of halogens is 6. The van der Waals surface area contributed by atoms with Crippen molar-refractivity contribution >= 4 is 17.6 Å². The molecule has 2 aliphatic rings. The maximum absolute atomic E-state index is 12.7. The molecule has 2 aliphatic carbocycles. The summed E-state index contributed by atoms with van der Waals surface area (Å²) in [4.78, 5) is 23.8. The van der Waals surface area contributed by atoms with Crippen LogP contribution in [-0.4, -0.2) is 38.5 Å². The number of carbonyl (C=O) groups excluding carboxylic acids is 2. The van der Waals surface area contributed by atoms with Gasteiger partial charge in [-0.25, -0.2) is 0 Å². The topological polar surface area (TPSA) is 71.1 Å². The number of hydrogen-bond donors (Lipinski definition) is 0. The van der Waals surface area contributed by atoms with Gasteiger partial charge >= 0.3 is 12.7 Å². The molecule has 0 fully saturated rings. The average Bonchev–Trinajstić information content (AvgIpc) is 3.40. The minimum atomic E-state index is -5.13. The Balaban J connectivity index is 0.000000322. The first kappa shape index (κ1) is 29.5. The third kappa shape index (κ3) is 7.38. The van der Waals surface area contributed by atoms with Gasteiger partial charge in [-0.15, -0.1) is 26.3 Å². The summed E-state index contributed by atoms with van der Waals surface area (Å²) in [6, 6.07) is 13.0. The molecule has 0 unspecified atom stereocenters. The molecule has 0 saturated heterocycles. The first-order chi connectivity index (χ1) is 19.3. The molecule has 0 saturated carbocycles. The van der Waals surface area contributed by atoms with Crippen molar-refractivity contribution in [3.63, 3.8) is 0 Å². The lowest BCUT2D eigenvalue weighted by atomic mass is 10.1. The van der Waals surface area contributed by atoms with Crippen LogP contribution in [0, 0.1) is 0 Å². The first-order valence-electron chi connectivity index (χ1n) is 12.0. The van der Waals surface area contributed by atoms with Gasteiger partial charge in [-0.05, 0) is 53.5 Å². The third-order valence-electron chi connectivity index (χ3n) is 6.18. The van der Waals surface area contributed by atoms with Crippen LogP contribution in [0.1, 0.15) is 43.8 Å². The number of ether oxygens (including phenoxy) is 4. The van der Waals surface area contributed by atoms with Crippen molar-refractivity contribution in [3.05, 3.63) is 88.0 Å². The second-order valence-electron chi connectivity index (χ2n) is 8.95. The van der Waals surface area contributed by atoms with E-state index in [4.69, 9.17) is 9.47 Å². The van der Waals surface area contributed by atoms with E-state index in [1.807, 2.05) is 24.3 Å². The molecule has 0 atom stereocenters. The summed E-state index contributed by atoms with van der Waals surface area (Å²) in [7, 11) is 2.79. The van der Waals surface area contributed by atoms with Gasteiger partial charge in [0.1, 0.15) is 11.5 Å². The van der Waals surface area contributed by atoms with Crippen molar-refractivity contribution in [1.29, 1.82) is 0 Å². The van der Waals surface area contributed by atoms with Gasteiger partial charge in [-0.2, -0.15) is 0 Å². The smallest absolute Gasteiger partial charge is 0.493 e. The minimum absolute atomic E-state index is 0.0916. The molecule has 0 aromatic heterocycles. The molecule has 0 N–H and O–H groups in total. The number of hydrogen-bond acceptors (Lipinski definition) is 6. The fraction of sp³-hybridized carbons (Fsp3) is 0.241. The van der Waals surface area contributed by atoms with Crippen LogP contribution in [0.5, 0.6) is 23.0 Å². The van der Waals surface area contributed by atoms with Crippen molar-refractivity contribution < 1.29 is 54.9 Å². The molecule has 0 bridgehead atoms. The fourth-order valence-electron chi connectivity index (χ4n) is 4.51. The predicted molar refractivity (Wildman–Crippen MR) is 134 cm³/mol. The second-order valence-corrected chi connectivity index (χ2v) is 8.95. The number of rotatable bonds is 5. The predicted octanol–water partition coefficient (Wildman–Crippen LogP) is 7.14. The summed E-state index contributed by atoms with van der Waals surface area (Å²) in [5.41, 5.74) is 3.01. The SMILES string of the molecule is COc1cc2c(cc1OC)C(=O)C(=Cc1cc(OC(F)(F)F)cc(OC(F)(F)F)c1)C2.O=C1CCc2ccccc21. The van der Waals surface area contributed by atoms with Crippen molar-refractivity contribution in [1.82, 2.24) is 0 Å². The van der Waals surface area contributed by atoms with Gasteiger partial charge in [-0.1, -0.05) is 24.3 Å². The third-order valence-corrected chi connectivity index (χ3v) is 6.18. The summed E-state index contributed by atoms with van der Waals surface area (Å²) in [6.07, 6.45) is -7.35. The largest absolute Gasteiger partial charge is 0.573 e. The van der Waals surface area contributed by atoms with Crippen molar-refractivity contribution in [3.8, 4) is 23.0 Å². The molecule has 216 valence electrons. The van der Waals surface area contributed by atoms with Crippen LogP contribution >= 0.6 is 0 Å². The lowest BCUT2D eigenvalue weighted by molar-refractivity contribution is -0.276. The van der Waals surface area contributed by atoms with E-state index in [0.717, 1.165) is 24.1 Å². The Bertz CT molecular complexity index is 1470. The minimum Gasteiger partial charge on any atom is -0.493 e. The highest BCUT2D eigenvalue weighted by Gasteiger charge is 2.34. The zero-order chi connectivity index (χ0) is 29.9. The van der Waals surface area contributed by atoms with Gasteiger partial charge in [-0.3, -0.25) is 9.59 Å². The van der Waals surface area contributed by atoms with Crippen molar-refractivity contribution in [2.75, 3.05) is 14.2 Å². The van der Waals surface area contributed by atoms with Crippen LogP contribution in [0.4, 0.5) is 26.3 Å². The molecule has 0 heterocycles. The van der Waals surface area contributed by atoms with Crippen LogP contribution in [-0.2, 0) is 12.8 Å². The summed E-state index contributed by atoms with van der Waals surface area (Å²) in [5, 5.41) is 0. The number of aryl methyl sites for hydroxylation is 1. The number of carbonyl (C=O) groups is 2. The molecule has 5 rings (SSSR count). The van der Waals surface area contributed by atoms with Gasteiger partial charge in [0.2, 0.25) is 0 Å². The second kappa shape index (κ2) is 11.6. The molecule has 0 spiro atoms. The number of alkyl halides is 6. The monoisotopic (exact) mass is 580 g/mol. The molecular weight excluding hydrogens is 558 g/mol. The van der Waals surface area contributed by atoms with Crippen LogP contribution in [0.3, 0.4) is 0 Å². The summed E-state index contributed by atoms with van der Waals surface area (Å²) < 4.78 is 93.1. The zero-order valence-electron chi connectivity index (χ0n) is 21.6. The zero-order valence-corrected chi connectivity index (χ0v) is 21.6. The van der Waals surface area contributed by atoms with Crippen LogP contribution in [0.15, 0.2) is 60.2 Å². The maximum atomic E-state index is 12.7. The average molecular weight is 580 g/mol. The highest BCUT2D eigenvalue weighted by molar-refractivity contribution is 6.16. The number of allylic oxidation sites excluding steroid dienone is 1. The van der Waals surface area contributed by atoms with E-state index in [9.17, 15) is 35.9 Å². The standard InChI is InChI=1S/C20H14F6O5.C9H8O/c1-28-16-7-11-6-12(18(27)15(11)9-17(16)29-2)3-10-4-13(30-19(21,22)23)8-14(5-10)31-20(24,25)26;10-9-6-5-7-3-1-2-4-8(7)9/h3-5,7-9H,6H2,1-2H3;1-4H,5-6H2. The summed E-state index contributed by atoms with van der Waals surface area (Å²) in [6.45, 7) is 0. The molecule has 3 aromatic rings. The van der Waals surface area contributed by atoms with E-state index in [1.54, 1.807) is 6.07 Å². The highest BCUT2D eigenvalue weighted by atomic mass is 19.4. The van der Waals surface area contributed by atoms with Gasteiger partial charge < -0.3 is 18.9 Å².